The minimum absolute atomic E-state index is 0.0944. The van der Waals surface area contributed by atoms with Crippen molar-refractivity contribution in [2.45, 2.75) is 43.8 Å². The molecule has 30 heavy (non-hydrogen) atoms. The maximum Gasteiger partial charge on any atom is 0.255 e. The highest BCUT2D eigenvalue weighted by Crippen LogP contribution is 2.42. The second-order valence-corrected chi connectivity index (χ2v) is 8.86. The third kappa shape index (κ3) is 4.05. The van der Waals surface area contributed by atoms with Crippen LogP contribution >= 0.6 is 11.8 Å². The van der Waals surface area contributed by atoms with E-state index in [-0.39, 0.29) is 22.6 Å². The van der Waals surface area contributed by atoms with Crippen molar-refractivity contribution in [1.82, 2.24) is 15.3 Å². The van der Waals surface area contributed by atoms with Crippen LogP contribution in [0.3, 0.4) is 0 Å². The van der Waals surface area contributed by atoms with Gasteiger partial charge in [-0.25, -0.2) is 4.98 Å². The minimum Gasteiger partial charge on any atom is -0.351 e. The molecule has 0 fully saturated rings. The molecule has 3 aromatic rings. The monoisotopic (exact) mass is 419 g/mol. The first-order valence-corrected chi connectivity index (χ1v) is 11.2. The number of aromatic nitrogens is 2. The lowest BCUT2D eigenvalue weighted by Gasteiger charge is -2.34. The third-order valence-corrected chi connectivity index (χ3v) is 6.68. The predicted octanol–water partition coefficient (Wildman–Crippen LogP) is 4.07. The molecule has 5 nitrogen and oxygen atoms in total. The molecule has 1 aliphatic rings. The Kier molecular flexibility index (Phi) is 5.77. The fraction of sp³-hybridized carbons (Fsp3) is 0.292. The molecular formula is C24H25N3O2S. The molecule has 2 aromatic carbocycles. The maximum absolute atomic E-state index is 13.0. The van der Waals surface area contributed by atoms with Gasteiger partial charge in [0.2, 0.25) is 5.91 Å². The molecule has 1 atom stereocenters. The number of benzene rings is 2. The van der Waals surface area contributed by atoms with E-state index in [2.05, 4.69) is 30.2 Å². The first-order valence-electron chi connectivity index (χ1n) is 10.2. The Morgan fingerprint density at radius 2 is 1.90 bits per heavy atom. The second kappa shape index (κ2) is 8.48. The Morgan fingerprint density at radius 3 is 2.67 bits per heavy atom. The van der Waals surface area contributed by atoms with E-state index in [1.165, 1.54) is 17.3 Å². The van der Waals surface area contributed by atoms with Gasteiger partial charge in [0.05, 0.1) is 11.4 Å². The number of hydrogen-bond donors (Lipinski definition) is 2. The first-order chi connectivity index (χ1) is 14.5. The fourth-order valence-corrected chi connectivity index (χ4v) is 4.66. The number of aromatic amines is 1. The zero-order chi connectivity index (χ0) is 21.1. The molecule has 4 rings (SSSR count). The lowest BCUT2D eigenvalue weighted by atomic mass is 9.69. The molecule has 0 saturated heterocycles. The highest BCUT2D eigenvalue weighted by Gasteiger charge is 2.37. The highest BCUT2D eigenvalue weighted by molar-refractivity contribution is 7.99. The Bertz CT molecular complexity index is 1130. The van der Waals surface area contributed by atoms with Crippen molar-refractivity contribution < 1.29 is 4.79 Å². The van der Waals surface area contributed by atoms with Crippen molar-refractivity contribution in [3.05, 3.63) is 81.6 Å². The Balaban J connectivity index is 1.55. The number of nitrogens with zero attached hydrogens (tertiary/aromatic N) is 1. The second-order valence-electron chi connectivity index (χ2n) is 7.89. The number of carbonyl (C=O) groups excluding carboxylic acids is 1. The Labute approximate surface area is 180 Å². The molecule has 0 aliphatic heterocycles. The van der Waals surface area contributed by atoms with E-state index < -0.39 is 0 Å². The van der Waals surface area contributed by atoms with E-state index in [0.717, 1.165) is 35.2 Å². The summed E-state index contributed by atoms with van der Waals surface area (Å²) in [6.45, 7) is 4.72. The number of carbonyl (C=O) groups is 1. The molecule has 0 radical (unpaired) electrons. The predicted molar refractivity (Wildman–Crippen MR) is 121 cm³/mol. The van der Waals surface area contributed by atoms with Crippen molar-refractivity contribution >= 4 is 17.7 Å². The molecule has 2 N–H and O–H groups in total. The quantitative estimate of drug-likeness (QED) is 0.467. The molecule has 0 bridgehead atoms. The van der Waals surface area contributed by atoms with E-state index in [0.29, 0.717) is 11.7 Å². The van der Waals surface area contributed by atoms with Crippen molar-refractivity contribution in [3.8, 4) is 11.3 Å². The van der Waals surface area contributed by atoms with Gasteiger partial charge in [-0.2, -0.15) is 0 Å². The summed E-state index contributed by atoms with van der Waals surface area (Å²) in [5.41, 5.74) is 4.42. The van der Waals surface area contributed by atoms with Gasteiger partial charge in [-0.3, -0.25) is 9.59 Å². The van der Waals surface area contributed by atoms with E-state index in [9.17, 15) is 9.59 Å². The summed E-state index contributed by atoms with van der Waals surface area (Å²) in [7, 11) is 0. The van der Waals surface area contributed by atoms with Crippen LogP contribution in [0, 0.1) is 0 Å². The number of hydrogen-bond acceptors (Lipinski definition) is 4. The number of thioether (sulfide) groups is 1. The van der Waals surface area contributed by atoms with E-state index in [1.807, 2.05) is 48.5 Å². The fourth-order valence-electron chi connectivity index (χ4n) is 3.97. The molecule has 1 aliphatic carbocycles. The summed E-state index contributed by atoms with van der Waals surface area (Å²) in [5.74, 6) is 0.101. The van der Waals surface area contributed by atoms with Crippen LogP contribution in [0.25, 0.3) is 11.3 Å². The summed E-state index contributed by atoms with van der Waals surface area (Å²) in [6.07, 6.45) is 1.68. The van der Waals surface area contributed by atoms with Crippen LogP contribution in [0.5, 0.6) is 0 Å². The first kappa shape index (κ1) is 20.4. The van der Waals surface area contributed by atoms with Gasteiger partial charge in [0.1, 0.15) is 0 Å². The molecule has 0 spiro atoms. The minimum atomic E-state index is -0.249. The number of rotatable bonds is 6. The standard InChI is InChI=1S/C24H25N3O2S/c1-3-24(2)13-17-11-7-8-12-18(17)21-20(24)22(29)27-23(26-21)30-15-19(28)25-14-16-9-5-4-6-10-16/h4-12H,3,13-15H2,1-2H3,(H,25,28)(H,26,27,29). The van der Waals surface area contributed by atoms with Gasteiger partial charge in [-0.05, 0) is 24.0 Å². The Hall–Kier alpha value is -2.86. The van der Waals surface area contributed by atoms with Crippen molar-refractivity contribution in [2.75, 3.05) is 5.75 Å². The molecule has 1 unspecified atom stereocenters. The van der Waals surface area contributed by atoms with E-state index in [4.69, 9.17) is 4.98 Å². The molecular weight excluding hydrogens is 394 g/mol. The van der Waals surface area contributed by atoms with Gasteiger partial charge in [0.15, 0.2) is 5.16 Å². The van der Waals surface area contributed by atoms with Crippen LogP contribution in [0.4, 0.5) is 0 Å². The molecule has 1 amide bonds. The van der Waals surface area contributed by atoms with Gasteiger partial charge in [0, 0.05) is 23.1 Å². The van der Waals surface area contributed by atoms with Gasteiger partial charge in [-0.1, -0.05) is 80.2 Å². The maximum atomic E-state index is 13.0. The average Bonchev–Trinajstić information content (AvgIpc) is 2.76. The van der Waals surface area contributed by atoms with Crippen LogP contribution in [-0.4, -0.2) is 21.6 Å². The number of H-pyrrole nitrogens is 1. The van der Waals surface area contributed by atoms with Crippen LogP contribution in [0.2, 0.25) is 0 Å². The van der Waals surface area contributed by atoms with Gasteiger partial charge >= 0.3 is 0 Å². The highest BCUT2D eigenvalue weighted by atomic mass is 32.2. The van der Waals surface area contributed by atoms with Gasteiger partial charge in [0.25, 0.3) is 5.56 Å². The molecule has 154 valence electrons. The molecule has 1 aromatic heterocycles. The normalized spacial score (nSPS) is 17.1. The summed E-state index contributed by atoms with van der Waals surface area (Å²) >= 11 is 1.25. The van der Waals surface area contributed by atoms with E-state index in [1.54, 1.807) is 0 Å². The Morgan fingerprint density at radius 1 is 1.17 bits per heavy atom. The zero-order valence-corrected chi connectivity index (χ0v) is 18.0. The topological polar surface area (TPSA) is 74.8 Å². The largest absolute Gasteiger partial charge is 0.351 e. The van der Waals surface area contributed by atoms with Crippen molar-refractivity contribution in [1.29, 1.82) is 0 Å². The number of amides is 1. The molecule has 1 heterocycles. The van der Waals surface area contributed by atoms with Crippen molar-refractivity contribution in [3.63, 3.8) is 0 Å². The van der Waals surface area contributed by atoms with Crippen LogP contribution in [0.15, 0.2) is 64.5 Å². The van der Waals surface area contributed by atoms with Crippen LogP contribution in [-0.2, 0) is 23.2 Å². The third-order valence-electron chi connectivity index (χ3n) is 5.81. The van der Waals surface area contributed by atoms with Crippen molar-refractivity contribution in [2.24, 2.45) is 0 Å². The zero-order valence-electron chi connectivity index (χ0n) is 17.2. The summed E-state index contributed by atoms with van der Waals surface area (Å²) < 4.78 is 0. The lowest BCUT2D eigenvalue weighted by Crippen LogP contribution is -2.36. The summed E-state index contributed by atoms with van der Waals surface area (Å²) in [4.78, 5) is 33.0. The smallest absolute Gasteiger partial charge is 0.255 e. The summed E-state index contributed by atoms with van der Waals surface area (Å²) in [6, 6.07) is 17.9. The number of fused-ring (bicyclic) bond motifs is 3. The molecule has 0 saturated carbocycles. The molecule has 6 heteroatoms. The lowest BCUT2D eigenvalue weighted by molar-refractivity contribution is -0.118. The average molecular weight is 420 g/mol. The van der Waals surface area contributed by atoms with Gasteiger partial charge in [-0.15, -0.1) is 0 Å². The van der Waals surface area contributed by atoms with Gasteiger partial charge < -0.3 is 10.3 Å². The van der Waals surface area contributed by atoms with Crippen LogP contribution < -0.4 is 10.9 Å². The number of nitrogens with one attached hydrogen (secondary N) is 2. The summed E-state index contributed by atoms with van der Waals surface area (Å²) in [5, 5.41) is 3.38. The van der Waals surface area contributed by atoms with Crippen LogP contribution in [0.1, 0.15) is 37.0 Å². The SMILES string of the molecule is CCC1(C)Cc2ccccc2-c2nc(SCC(=O)NCc3ccccc3)[nH]c(=O)c21. The van der Waals surface area contributed by atoms with E-state index >= 15 is 0 Å².